The van der Waals surface area contributed by atoms with Crippen molar-refractivity contribution in [1.29, 1.82) is 0 Å². The molecule has 1 rings (SSSR count). The van der Waals surface area contributed by atoms with Gasteiger partial charge in [-0.1, -0.05) is 13.8 Å². The number of aromatic hydroxyl groups is 1. The molecule has 1 amide bonds. The number of primary amides is 1. The van der Waals surface area contributed by atoms with Crippen LogP contribution in [0.15, 0.2) is 29.2 Å². The molecule has 0 saturated carbocycles. The number of hydrogen-bond donors (Lipinski definition) is 2. The summed E-state index contributed by atoms with van der Waals surface area (Å²) in [5, 5.41) is 9.17. The number of amides is 1. The molecule has 0 aliphatic rings. The molecule has 0 aromatic heterocycles. The summed E-state index contributed by atoms with van der Waals surface area (Å²) in [4.78, 5) is 11.0. The number of sulfonamides is 1. The van der Waals surface area contributed by atoms with Crippen molar-refractivity contribution < 1.29 is 18.3 Å². The first-order chi connectivity index (χ1) is 8.73. The van der Waals surface area contributed by atoms with Gasteiger partial charge in [0.05, 0.1) is 11.4 Å². The lowest BCUT2D eigenvalue weighted by molar-refractivity contribution is -0.118. The molecule has 7 heteroatoms. The van der Waals surface area contributed by atoms with Gasteiger partial charge in [0.1, 0.15) is 5.75 Å². The van der Waals surface area contributed by atoms with Crippen LogP contribution in [0.4, 0.5) is 0 Å². The molecular weight excluding hydrogens is 268 g/mol. The quantitative estimate of drug-likeness (QED) is 0.796. The van der Waals surface area contributed by atoms with Gasteiger partial charge in [-0.25, -0.2) is 8.42 Å². The number of phenols is 1. The second kappa shape index (κ2) is 6.03. The topological polar surface area (TPSA) is 101 Å². The van der Waals surface area contributed by atoms with E-state index < -0.39 is 15.9 Å². The van der Waals surface area contributed by atoms with Crippen molar-refractivity contribution in [2.75, 3.05) is 13.1 Å². The van der Waals surface area contributed by atoms with Gasteiger partial charge in [0.2, 0.25) is 15.9 Å². The highest BCUT2D eigenvalue weighted by molar-refractivity contribution is 7.89. The first-order valence-corrected chi connectivity index (χ1v) is 7.25. The van der Waals surface area contributed by atoms with E-state index in [0.717, 1.165) is 4.31 Å². The van der Waals surface area contributed by atoms with Gasteiger partial charge in [0.25, 0.3) is 0 Å². The average Bonchev–Trinajstić information content (AvgIpc) is 2.27. The van der Waals surface area contributed by atoms with Crippen molar-refractivity contribution in [3.05, 3.63) is 24.3 Å². The zero-order valence-corrected chi connectivity index (χ0v) is 11.7. The molecule has 0 saturated heterocycles. The second-order valence-electron chi connectivity index (χ2n) is 4.65. The number of carbonyl (C=O) groups is 1. The van der Waals surface area contributed by atoms with E-state index in [1.165, 1.54) is 24.3 Å². The molecule has 0 spiro atoms. The predicted octanol–water partition coefficient (Wildman–Crippen LogP) is 0.524. The SMILES string of the molecule is CC(C)CN(CC(N)=O)S(=O)(=O)c1ccc(O)cc1. The minimum Gasteiger partial charge on any atom is -0.508 e. The van der Waals surface area contributed by atoms with Crippen molar-refractivity contribution in [2.24, 2.45) is 11.7 Å². The lowest BCUT2D eigenvalue weighted by Crippen LogP contribution is -2.40. The maximum Gasteiger partial charge on any atom is 0.243 e. The van der Waals surface area contributed by atoms with E-state index in [9.17, 15) is 13.2 Å². The van der Waals surface area contributed by atoms with Crippen LogP contribution < -0.4 is 5.73 Å². The highest BCUT2D eigenvalue weighted by atomic mass is 32.2. The van der Waals surface area contributed by atoms with E-state index in [4.69, 9.17) is 10.8 Å². The Kier molecular flexibility index (Phi) is 4.90. The molecule has 106 valence electrons. The Morgan fingerprint density at radius 3 is 2.26 bits per heavy atom. The number of benzene rings is 1. The molecule has 0 heterocycles. The van der Waals surface area contributed by atoms with Gasteiger partial charge in [-0.15, -0.1) is 0 Å². The third-order valence-corrected chi connectivity index (χ3v) is 4.20. The molecule has 6 nitrogen and oxygen atoms in total. The van der Waals surface area contributed by atoms with E-state index in [0.29, 0.717) is 0 Å². The van der Waals surface area contributed by atoms with Crippen molar-refractivity contribution >= 4 is 15.9 Å². The van der Waals surface area contributed by atoms with E-state index >= 15 is 0 Å². The summed E-state index contributed by atoms with van der Waals surface area (Å²) in [6, 6.07) is 5.15. The largest absolute Gasteiger partial charge is 0.508 e. The van der Waals surface area contributed by atoms with Gasteiger partial charge in [-0.3, -0.25) is 4.79 Å². The molecular formula is C12H18N2O4S. The number of nitrogens with two attached hydrogens (primary N) is 1. The summed E-state index contributed by atoms with van der Waals surface area (Å²) in [6.45, 7) is 3.54. The molecule has 3 N–H and O–H groups in total. The van der Waals surface area contributed by atoms with Crippen molar-refractivity contribution in [2.45, 2.75) is 18.7 Å². The maximum atomic E-state index is 12.4. The highest BCUT2D eigenvalue weighted by Crippen LogP contribution is 2.19. The first kappa shape index (κ1) is 15.5. The van der Waals surface area contributed by atoms with E-state index in [1.807, 2.05) is 13.8 Å². The van der Waals surface area contributed by atoms with Gasteiger partial charge in [-0.2, -0.15) is 4.31 Å². The lowest BCUT2D eigenvalue weighted by atomic mass is 10.2. The summed E-state index contributed by atoms with van der Waals surface area (Å²) < 4.78 is 25.8. The molecule has 0 atom stereocenters. The fourth-order valence-electron chi connectivity index (χ4n) is 1.60. The summed E-state index contributed by atoms with van der Waals surface area (Å²) in [5.41, 5.74) is 5.08. The molecule has 0 radical (unpaired) electrons. The van der Waals surface area contributed by atoms with E-state index in [2.05, 4.69) is 0 Å². The van der Waals surface area contributed by atoms with E-state index in [-0.39, 0.29) is 29.7 Å². The Hall–Kier alpha value is -1.60. The minimum absolute atomic E-state index is 0.0206. The zero-order chi connectivity index (χ0) is 14.6. The molecule has 1 aromatic rings. The number of phenolic OH excluding ortho intramolecular Hbond substituents is 1. The third kappa shape index (κ3) is 4.22. The maximum absolute atomic E-state index is 12.4. The van der Waals surface area contributed by atoms with Crippen molar-refractivity contribution in [3.8, 4) is 5.75 Å². The van der Waals surface area contributed by atoms with Crippen LogP contribution in [0.1, 0.15) is 13.8 Å². The van der Waals surface area contributed by atoms with Crippen LogP contribution in [0.25, 0.3) is 0 Å². The zero-order valence-electron chi connectivity index (χ0n) is 10.9. The van der Waals surface area contributed by atoms with Crippen LogP contribution in [-0.2, 0) is 14.8 Å². The van der Waals surface area contributed by atoms with Crippen LogP contribution in [0.5, 0.6) is 5.75 Å². The van der Waals surface area contributed by atoms with Crippen LogP contribution >= 0.6 is 0 Å². The Morgan fingerprint density at radius 1 is 1.32 bits per heavy atom. The number of nitrogens with zero attached hydrogens (tertiary/aromatic N) is 1. The van der Waals surface area contributed by atoms with Crippen LogP contribution in [0.2, 0.25) is 0 Å². The summed E-state index contributed by atoms with van der Waals surface area (Å²) in [5.74, 6) is -0.668. The molecule has 0 bridgehead atoms. The van der Waals surface area contributed by atoms with Crippen LogP contribution in [0, 0.1) is 5.92 Å². The average molecular weight is 286 g/mol. The van der Waals surface area contributed by atoms with Crippen molar-refractivity contribution in [3.63, 3.8) is 0 Å². The van der Waals surface area contributed by atoms with Gasteiger partial charge < -0.3 is 10.8 Å². The molecule has 1 aromatic carbocycles. The highest BCUT2D eigenvalue weighted by Gasteiger charge is 2.26. The summed E-state index contributed by atoms with van der Waals surface area (Å²) >= 11 is 0. The van der Waals surface area contributed by atoms with Crippen LogP contribution in [-0.4, -0.2) is 36.8 Å². The Balaban J connectivity index is 3.11. The van der Waals surface area contributed by atoms with Crippen LogP contribution in [0.3, 0.4) is 0 Å². The fraction of sp³-hybridized carbons (Fsp3) is 0.417. The lowest BCUT2D eigenvalue weighted by Gasteiger charge is -2.22. The molecule has 0 aliphatic carbocycles. The molecule has 0 fully saturated rings. The van der Waals surface area contributed by atoms with Gasteiger partial charge >= 0.3 is 0 Å². The second-order valence-corrected chi connectivity index (χ2v) is 6.59. The Labute approximate surface area is 112 Å². The smallest absolute Gasteiger partial charge is 0.243 e. The Morgan fingerprint density at radius 2 is 1.84 bits per heavy atom. The Bertz CT molecular complexity index is 537. The predicted molar refractivity (Wildman–Crippen MR) is 70.9 cm³/mol. The molecule has 0 aliphatic heterocycles. The monoisotopic (exact) mass is 286 g/mol. The molecule has 19 heavy (non-hydrogen) atoms. The number of carbonyl (C=O) groups excluding carboxylic acids is 1. The van der Waals surface area contributed by atoms with Crippen molar-refractivity contribution in [1.82, 2.24) is 4.31 Å². The van der Waals surface area contributed by atoms with Gasteiger partial charge in [0.15, 0.2) is 0 Å². The van der Waals surface area contributed by atoms with Gasteiger partial charge in [0, 0.05) is 6.54 Å². The minimum atomic E-state index is -3.79. The third-order valence-electron chi connectivity index (χ3n) is 2.38. The van der Waals surface area contributed by atoms with Gasteiger partial charge in [-0.05, 0) is 30.2 Å². The molecule has 0 unspecified atom stereocenters. The fourth-order valence-corrected chi connectivity index (χ4v) is 3.17. The van der Waals surface area contributed by atoms with E-state index in [1.54, 1.807) is 0 Å². The standard InChI is InChI=1S/C12H18N2O4S/c1-9(2)7-14(8-12(13)16)19(17,18)11-5-3-10(15)4-6-11/h3-6,9,15H,7-8H2,1-2H3,(H2,13,16). The first-order valence-electron chi connectivity index (χ1n) is 5.81. The number of hydrogen-bond acceptors (Lipinski definition) is 4. The summed E-state index contributed by atoms with van der Waals surface area (Å²) in [6.07, 6.45) is 0. The summed E-state index contributed by atoms with van der Waals surface area (Å²) in [7, 11) is -3.79. The normalized spacial score (nSPS) is 12.0. The number of rotatable bonds is 6.